The summed E-state index contributed by atoms with van der Waals surface area (Å²) < 4.78 is 0. The monoisotopic (exact) mass is 155 g/mol. The van der Waals surface area contributed by atoms with Crippen LogP contribution in [0.15, 0.2) is 11.6 Å². The SMILES string of the molecule is CC=C(C)C(=O)N(CC)CC. The van der Waals surface area contributed by atoms with Gasteiger partial charge in [-0.2, -0.15) is 0 Å². The molecule has 2 nitrogen and oxygen atoms in total. The maximum Gasteiger partial charge on any atom is 0.249 e. The Bertz CT molecular complexity index is 157. The predicted molar refractivity (Wildman–Crippen MR) is 47.4 cm³/mol. The van der Waals surface area contributed by atoms with Gasteiger partial charge in [0.1, 0.15) is 0 Å². The molecule has 2 heteroatoms. The van der Waals surface area contributed by atoms with E-state index in [2.05, 4.69) is 0 Å². The van der Waals surface area contributed by atoms with E-state index in [0.717, 1.165) is 18.7 Å². The zero-order chi connectivity index (χ0) is 8.85. The van der Waals surface area contributed by atoms with Gasteiger partial charge in [0.05, 0.1) is 0 Å². The van der Waals surface area contributed by atoms with Gasteiger partial charge in [-0.15, -0.1) is 0 Å². The van der Waals surface area contributed by atoms with Gasteiger partial charge in [0, 0.05) is 18.7 Å². The maximum atomic E-state index is 11.4. The first-order valence-corrected chi connectivity index (χ1v) is 4.09. The van der Waals surface area contributed by atoms with E-state index in [9.17, 15) is 4.79 Å². The van der Waals surface area contributed by atoms with Crippen molar-refractivity contribution in [3.05, 3.63) is 11.6 Å². The lowest BCUT2D eigenvalue weighted by Gasteiger charge is -2.18. The molecule has 11 heavy (non-hydrogen) atoms. The molecule has 0 radical (unpaired) electrons. The van der Waals surface area contributed by atoms with Gasteiger partial charge < -0.3 is 4.90 Å². The van der Waals surface area contributed by atoms with Crippen LogP contribution in [0.2, 0.25) is 0 Å². The molecule has 0 fully saturated rings. The second-order valence-corrected chi connectivity index (χ2v) is 2.45. The molecule has 0 aromatic rings. The fraction of sp³-hybridized carbons (Fsp3) is 0.667. The second-order valence-electron chi connectivity index (χ2n) is 2.45. The number of allylic oxidation sites excluding steroid dienone is 1. The first-order chi connectivity index (χ1) is 5.17. The van der Waals surface area contributed by atoms with Crippen LogP contribution in [0.1, 0.15) is 27.7 Å². The van der Waals surface area contributed by atoms with E-state index in [-0.39, 0.29) is 5.91 Å². The van der Waals surface area contributed by atoms with Crippen LogP contribution >= 0.6 is 0 Å². The number of hydrogen-bond acceptors (Lipinski definition) is 1. The molecule has 64 valence electrons. The van der Waals surface area contributed by atoms with Crippen molar-refractivity contribution >= 4 is 5.91 Å². The summed E-state index contributed by atoms with van der Waals surface area (Å²) in [5.41, 5.74) is 0.828. The van der Waals surface area contributed by atoms with Crippen LogP contribution in [0, 0.1) is 0 Å². The summed E-state index contributed by atoms with van der Waals surface area (Å²) in [6.07, 6.45) is 1.85. The van der Waals surface area contributed by atoms with Crippen molar-refractivity contribution in [3.8, 4) is 0 Å². The Kier molecular flexibility index (Phi) is 4.59. The summed E-state index contributed by atoms with van der Waals surface area (Å²) in [6, 6.07) is 0. The summed E-state index contributed by atoms with van der Waals surface area (Å²) in [7, 11) is 0. The second kappa shape index (κ2) is 4.94. The lowest BCUT2D eigenvalue weighted by Crippen LogP contribution is -2.30. The van der Waals surface area contributed by atoms with Crippen LogP contribution in [0.5, 0.6) is 0 Å². The van der Waals surface area contributed by atoms with E-state index in [1.54, 1.807) is 0 Å². The molecule has 0 aromatic carbocycles. The molecule has 0 aliphatic rings. The summed E-state index contributed by atoms with van der Waals surface area (Å²) in [5, 5.41) is 0. The fourth-order valence-electron chi connectivity index (χ4n) is 0.884. The highest BCUT2D eigenvalue weighted by Gasteiger charge is 2.09. The lowest BCUT2D eigenvalue weighted by molar-refractivity contribution is -0.126. The Hall–Kier alpha value is -0.790. The van der Waals surface area contributed by atoms with Gasteiger partial charge in [-0.3, -0.25) is 4.79 Å². The number of likely N-dealkylation sites (N-methyl/N-ethyl adjacent to an activating group) is 1. The van der Waals surface area contributed by atoms with Crippen LogP contribution in [-0.4, -0.2) is 23.9 Å². The summed E-state index contributed by atoms with van der Waals surface area (Å²) in [6.45, 7) is 9.30. The Morgan fingerprint density at radius 3 is 2.09 bits per heavy atom. The Morgan fingerprint density at radius 1 is 1.36 bits per heavy atom. The van der Waals surface area contributed by atoms with E-state index in [4.69, 9.17) is 0 Å². The molecule has 0 N–H and O–H groups in total. The molecule has 0 atom stereocenters. The number of rotatable bonds is 3. The van der Waals surface area contributed by atoms with Crippen molar-refractivity contribution in [3.63, 3.8) is 0 Å². The number of carbonyl (C=O) groups excluding carboxylic acids is 1. The molecular formula is C9H17NO. The van der Waals surface area contributed by atoms with Crippen LogP contribution in [0.3, 0.4) is 0 Å². The Labute approximate surface area is 68.9 Å². The van der Waals surface area contributed by atoms with Crippen molar-refractivity contribution < 1.29 is 4.79 Å². The molecule has 0 heterocycles. The minimum Gasteiger partial charge on any atom is -0.340 e. The minimum atomic E-state index is 0.150. The number of nitrogens with zero attached hydrogens (tertiary/aromatic N) is 1. The van der Waals surface area contributed by atoms with Crippen molar-refractivity contribution in [2.75, 3.05) is 13.1 Å². The molecule has 0 aliphatic heterocycles. The minimum absolute atomic E-state index is 0.150. The largest absolute Gasteiger partial charge is 0.340 e. The van der Waals surface area contributed by atoms with E-state index < -0.39 is 0 Å². The van der Waals surface area contributed by atoms with Crippen molar-refractivity contribution in [2.45, 2.75) is 27.7 Å². The van der Waals surface area contributed by atoms with Gasteiger partial charge in [-0.05, 0) is 27.7 Å². The fourth-order valence-corrected chi connectivity index (χ4v) is 0.884. The maximum absolute atomic E-state index is 11.4. The zero-order valence-electron chi connectivity index (χ0n) is 7.85. The number of hydrogen-bond donors (Lipinski definition) is 0. The molecule has 0 rings (SSSR count). The Morgan fingerprint density at radius 2 is 1.82 bits per heavy atom. The smallest absolute Gasteiger partial charge is 0.249 e. The molecule has 0 unspecified atom stereocenters. The van der Waals surface area contributed by atoms with Gasteiger partial charge in [-0.1, -0.05) is 6.08 Å². The molecule has 0 saturated carbocycles. The highest BCUT2D eigenvalue weighted by molar-refractivity contribution is 5.92. The van der Waals surface area contributed by atoms with E-state index in [1.807, 2.05) is 38.7 Å². The molecule has 0 bridgehead atoms. The first-order valence-electron chi connectivity index (χ1n) is 4.09. The van der Waals surface area contributed by atoms with Crippen LogP contribution < -0.4 is 0 Å². The third-order valence-electron chi connectivity index (χ3n) is 1.82. The van der Waals surface area contributed by atoms with Gasteiger partial charge in [0.15, 0.2) is 0 Å². The van der Waals surface area contributed by atoms with Gasteiger partial charge >= 0.3 is 0 Å². The normalized spacial score (nSPS) is 11.5. The zero-order valence-corrected chi connectivity index (χ0v) is 7.85. The third kappa shape index (κ3) is 2.74. The highest BCUT2D eigenvalue weighted by atomic mass is 16.2. The van der Waals surface area contributed by atoms with E-state index >= 15 is 0 Å². The molecule has 0 saturated heterocycles. The summed E-state index contributed by atoms with van der Waals surface area (Å²) in [4.78, 5) is 13.2. The molecule has 0 aromatic heterocycles. The first kappa shape index (κ1) is 10.2. The third-order valence-corrected chi connectivity index (χ3v) is 1.82. The predicted octanol–water partition coefficient (Wildman–Crippen LogP) is 1.82. The topological polar surface area (TPSA) is 20.3 Å². The van der Waals surface area contributed by atoms with Crippen molar-refractivity contribution in [1.29, 1.82) is 0 Å². The highest BCUT2D eigenvalue weighted by Crippen LogP contribution is 1.99. The number of amides is 1. The van der Waals surface area contributed by atoms with E-state index in [0.29, 0.717) is 0 Å². The van der Waals surface area contributed by atoms with Gasteiger partial charge in [-0.25, -0.2) is 0 Å². The standard InChI is InChI=1S/C9H17NO/c1-5-8(4)9(11)10(6-2)7-3/h5H,6-7H2,1-4H3. The lowest BCUT2D eigenvalue weighted by atomic mass is 10.2. The summed E-state index contributed by atoms with van der Waals surface area (Å²) >= 11 is 0. The average molecular weight is 155 g/mol. The van der Waals surface area contributed by atoms with Crippen LogP contribution in [0.25, 0.3) is 0 Å². The molecule has 0 spiro atoms. The van der Waals surface area contributed by atoms with Gasteiger partial charge in [0.2, 0.25) is 5.91 Å². The average Bonchev–Trinajstić information content (AvgIpc) is 2.05. The van der Waals surface area contributed by atoms with Gasteiger partial charge in [0.25, 0.3) is 0 Å². The number of carbonyl (C=O) groups is 1. The van der Waals surface area contributed by atoms with Crippen molar-refractivity contribution in [1.82, 2.24) is 4.90 Å². The summed E-state index contributed by atoms with van der Waals surface area (Å²) in [5.74, 6) is 0.150. The molecule has 1 amide bonds. The molecule has 0 aliphatic carbocycles. The van der Waals surface area contributed by atoms with Crippen LogP contribution in [0.4, 0.5) is 0 Å². The van der Waals surface area contributed by atoms with E-state index in [1.165, 1.54) is 0 Å². The van der Waals surface area contributed by atoms with Crippen molar-refractivity contribution in [2.24, 2.45) is 0 Å². The quantitative estimate of drug-likeness (QED) is 0.569. The molecular weight excluding hydrogens is 138 g/mol. The Balaban J connectivity index is 4.21. The van der Waals surface area contributed by atoms with Crippen LogP contribution in [-0.2, 0) is 4.79 Å².